The molecule has 6 nitrogen and oxygen atoms in total. The second kappa shape index (κ2) is 4.33. The van der Waals surface area contributed by atoms with Crippen molar-refractivity contribution in [3.63, 3.8) is 0 Å². The van der Waals surface area contributed by atoms with Crippen LogP contribution in [0.1, 0.15) is 0 Å². The molecule has 1 aliphatic carbocycles. The highest BCUT2D eigenvalue weighted by Crippen LogP contribution is 2.24. The van der Waals surface area contributed by atoms with Crippen LogP contribution >= 0.6 is 0 Å². The van der Waals surface area contributed by atoms with Crippen LogP contribution in [0.5, 0.6) is 0 Å². The third kappa shape index (κ3) is 2.28. The maximum atomic E-state index is 11.2. The van der Waals surface area contributed by atoms with Gasteiger partial charge in [-0.2, -0.15) is 10.1 Å². The molecule has 1 saturated carbocycles. The predicted octanol–water partition coefficient (Wildman–Crippen LogP) is -1.35. The highest BCUT2D eigenvalue weighted by molar-refractivity contribution is 5.95. The molecule has 1 N–H and O–H groups in total. The predicted molar refractivity (Wildman–Crippen MR) is 48.1 cm³/mol. The van der Waals surface area contributed by atoms with Crippen LogP contribution in [0, 0.1) is 0 Å². The van der Waals surface area contributed by atoms with Gasteiger partial charge in [0.2, 0.25) is 0 Å². The lowest BCUT2D eigenvalue weighted by Crippen LogP contribution is -2.64. The van der Waals surface area contributed by atoms with Gasteiger partial charge in [0.15, 0.2) is 11.9 Å². The molecule has 0 aromatic heterocycles. The minimum atomic E-state index is -1.08. The van der Waals surface area contributed by atoms with Crippen LogP contribution in [0.4, 0.5) is 0 Å². The van der Waals surface area contributed by atoms with Gasteiger partial charge in [0.05, 0.1) is 0 Å². The van der Waals surface area contributed by atoms with Gasteiger partial charge < -0.3 is 5.11 Å². The van der Waals surface area contributed by atoms with E-state index in [2.05, 4.69) is 0 Å². The molecule has 3 unspecified atom stereocenters. The maximum absolute atomic E-state index is 11.2. The lowest BCUT2D eigenvalue weighted by molar-refractivity contribution is -0.290. The number of Topliss-reactive ketones (excluding diaryl/α,β-unsaturated/α-hetero) is 1. The third-order valence-corrected chi connectivity index (χ3v) is 1.84. The van der Waals surface area contributed by atoms with Crippen molar-refractivity contribution in [2.24, 2.45) is 0 Å². The number of carbonyl (C=O) groups excluding carboxylic acids is 1. The molecule has 82 valence electrons. The zero-order valence-electron chi connectivity index (χ0n) is 8.80. The summed E-state index contributed by atoms with van der Waals surface area (Å²) >= 11 is 0. The molecule has 0 aliphatic heterocycles. The fraction of sp³-hybridized carbons (Fsp3) is 0.875. The van der Waals surface area contributed by atoms with Gasteiger partial charge in [-0.1, -0.05) is 0 Å². The molecule has 1 fully saturated rings. The highest BCUT2D eigenvalue weighted by Gasteiger charge is 2.52. The van der Waals surface area contributed by atoms with Crippen LogP contribution in [-0.4, -0.2) is 67.5 Å². The monoisotopic (exact) mass is 204 g/mol. The number of hydroxylamine groups is 4. The lowest BCUT2D eigenvalue weighted by atomic mass is 9.86. The van der Waals surface area contributed by atoms with E-state index in [0.29, 0.717) is 0 Å². The molecule has 6 heteroatoms. The molecule has 0 spiro atoms. The summed E-state index contributed by atoms with van der Waals surface area (Å²) in [6, 6.07) is 0. The third-order valence-electron chi connectivity index (χ3n) is 1.84. The van der Waals surface area contributed by atoms with Gasteiger partial charge in [0.1, 0.15) is 12.2 Å². The highest BCUT2D eigenvalue weighted by atomic mass is 16.7. The molecule has 0 aromatic carbocycles. The summed E-state index contributed by atoms with van der Waals surface area (Å²) < 4.78 is 0. The minimum Gasteiger partial charge on any atom is -0.382 e. The molecular weight excluding hydrogens is 188 g/mol. The first-order valence-electron chi connectivity index (χ1n) is 4.33. The van der Waals surface area contributed by atoms with Crippen molar-refractivity contribution in [3.05, 3.63) is 0 Å². The molecule has 0 saturated heterocycles. The molecule has 0 radical (unpaired) electrons. The van der Waals surface area contributed by atoms with E-state index in [9.17, 15) is 9.90 Å². The normalized spacial score (nSPS) is 32.5. The summed E-state index contributed by atoms with van der Waals surface area (Å²) in [5, 5.41) is 12.2. The van der Waals surface area contributed by atoms with E-state index in [1.807, 2.05) is 0 Å². The van der Waals surface area contributed by atoms with Crippen molar-refractivity contribution in [1.29, 1.82) is 0 Å². The maximum Gasteiger partial charge on any atom is 0.197 e. The second-order valence-electron chi connectivity index (χ2n) is 3.57. The fourth-order valence-electron chi connectivity index (χ4n) is 1.23. The van der Waals surface area contributed by atoms with Crippen molar-refractivity contribution >= 4 is 5.78 Å². The quantitative estimate of drug-likeness (QED) is 0.571. The Morgan fingerprint density at radius 1 is 1.14 bits per heavy atom. The molecule has 14 heavy (non-hydrogen) atoms. The number of carbonyl (C=O) groups is 1. The topological polar surface area (TPSA) is 62.2 Å². The molecule has 1 rings (SSSR count). The molecule has 1 aliphatic rings. The van der Waals surface area contributed by atoms with Crippen LogP contribution in [0.3, 0.4) is 0 Å². The summed E-state index contributed by atoms with van der Waals surface area (Å²) in [7, 11) is 6.71. The Morgan fingerprint density at radius 3 is 2.07 bits per heavy atom. The smallest absolute Gasteiger partial charge is 0.197 e. The number of ketones is 1. The summed E-state index contributed by atoms with van der Waals surface area (Å²) in [5.74, 6) is -0.342. The fourth-order valence-corrected chi connectivity index (χ4v) is 1.23. The van der Waals surface area contributed by atoms with Gasteiger partial charge in [-0.3, -0.25) is 14.5 Å². The molecule has 0 heterocycles. The number of nitrogens with zero attached hydrogens (tertiary/aromatic N) is 2. The van der Waals surface area contributed by atoms with Crippen molar-refractivity contribution in [3.8, 4) is 0 Å². The Kier molecular flexibility index (Phi) is 3.57. The SMILES string of the molecule is CN(C)OC1C(=O)C(O)C1ON(C)C. The van der Waals surface area contributed by atoms with E-state index in [0.717, 1.165) is 0 Å². The summed E-state index contributed by atoms with van der Waals surface area (Å²) in [5.41, 5.74) is 0. The van der Waals surface area contributed by atoms with Crippen molar-refractivity contribution in [1.82, 2.24) is 10.1 Å². The number of hydrogen-bond acceptors (Lipinski definition) is 6. The van der Waals surface area contributed by atoms with Gasteiger partial charge in [-0.05, 0) is 0 Å². The van der Waals surface area contributed by atoms with Crippen LogP contribution in [0.15, 0.2) is 0 Å². The Labute approximate surface area is 82.9 Å². The summed E-state index contributed by atoms with van der Waals surface area (Å²) in [6.45, 7) is 0. The summed E-state index contributed by atoms with van der Waals surface area (Å²) in [6.07, 6.45) is -2.40. The minimum absolute atomic E-state index is 0.342. The number of aliphatic hydroxyl groups excluding tert-OH is 1. The lowest BCUT2D eigenvalue weighted by Gasteiger charge is -2.40. The molecular formula is C8H16N2O4. The van der Waals surface area contributed by atoms with Crippen molar-refractivity contribution in [2.45, 2.75) is 18.3 Å². The Bertz CT molecular complexity index is 219. The molecule has 0 amide bonds. The average molecular weight is 204 g/mol. The van der Waals surface area contributed by atoms with E-state index >= 15 is 0 Å². The van der Waals surface area contributed by atoms with Gasteiger partial charge in [-0.25, -0.2) is 0 Å². The Morgan fingerprint density at radius 2 is 1.64 bits per heavy atom. The Balaban J connectivity index is 2.51. The number of rotatable bonds is 4. The van der Waals surface area contributed by atoms with Crippen LogP contribution in [0.25, 0.3) is 0 Å². The van der Waals surface area contributed by atoms with Crippen LogP contribution in [0.2, 0.25) is 0 Å². The van der Waals surface area contributed by atoms with Crippen LogP contribution in [-0.2, 0) is 14.5 Å². The van der Waals surface area contributed by atoms with Crippen LogP contribution < -0.4 is 0 Å². The van der Waals surface area contributed by atoms with E-state index in [-0.39, 0.29) is 5.78 Å². The standard InChI is InChI=1S/C8H16N2O4/c1-9(2)13-7-5(11)6(12)8(7)14-10(3)4/h5,7-8,11H,1-4H3. The van der Waals surface area contributed by atoms with E-state index < -0.39 is 18.3 Å². The molecule has 3 atom stereocenters. The molecule has 0 bridgehead atoms. The summed E-state index contributed by atoms with van der Waals surface area (Å²) in [4.78, 5) is 21.5. The van der Waals surface area contributed by atoms with Gasteiger partial charge in [0, 0.05) is 28.2 Å². The molecule has 0 aromatic rings. The van der Waals surface area contributed by atoms with E-state index in [1.54, 1.807) is 28.2 Å². The number of hydrogen-bond donors (Lipinski definition) is 1. The average Bonchev–Trinajstić information content (AvgIpc) is 2.09. The second-order valence-corrected chi connectivity index (χ2v) is 3.57. The van der Waals surface area contributed by atoms with Crippen molar-refractivity contribution < 1.29 is 19.6 Å². The first kappa shape index (κ1) is 11.5. The zero-order chi connectivity index (χ0) is 10.9. The number of aliphatic hydroxyl groups is 1. The van der Waals surface area contributed by atoms with E-state index in [1.165, 1.54) is 10.1 Å². The van der Waals surface area contributed by atoms with Gasteiger partial charge in [0.25, 0.3) is 0 Å². The zero-order valence-corrected chi connectivity index (χ0v) is 8.80. The first-order chi connectivity index (χ1) is 6.43. The first-order valence-corrected chi connectivity index (χ1v) is 4.33. The van der Waals surface area contributed by atoms with Gasteiger partial charge >= 0.3 is 0 Å². The van der Waals surface area contributed by atoms with Gasteiger partial charge in [-0.15, -0.1) is 0 Å². The van der Waals surface area contributed by atoms with Crippen molar-refractivity contribution in [2.75, 3.05) is 28.2 Å². The van der Waals surface area contributed by atoms with E-state index in [4.69, 9.17) is 9.68 Å². The Hall–Kier alpha value is -0.530. The largest absolute Gasteiger partial charge is 0.382 e.